The van der Waals surface area contributed by atoms with Crippen molar-refractivity contribution < 1.29 is 57.6 Å². The van der Waals surface area contributed by atoms with Crippen LogP contribution < -0.4 is 9.72 Å². The molecule has 0 saturated carbocycles. The largest absolute Gasteiger partial charge is 0.656 e. The van der Waals surface area contributed by atoms with Crippen LogP contribution in [0.15, 0.2) is 103 Å². The van der Waals surface area contributed by atoms with E-state index in [1.54, 1.807) is 12.4 Å². The molecule has 3 aromatic carbocycles. The fourth-order valence-electron chi connectivity index (χ4n) is 4.03. The van der Waals surface area contributed by atoms with Gasteiger partial charge >= 0.3 is 0 Å². The molecule has 7 rings (SSSR count). The number of aromatic nitrogens is 3. The van der Waals surface area contributed by atoms with Gasteiger partial charge in [0, 0.05) is 70.9 Å². The molecule has 0 N–H and O–H groups in total. The summed E-state index contributed by atoms with van der Waals surface area (Å²) in [7, 11) is 0. The molecule has 0 atom stereocenters. The molecule has 0 fully saturated rings. The minimum Gasteiger partial charge on any atom is -0.656 e. The van der Waals surface area contributed by atoms with E-state index in [9.17, 15) is 0 Å². The molecule has 6 heteroatoms. The summed E-state index contributed by atoms with van der Waals surface area (Å²) in [6.45, 7) is 0.505. The van der Waals surface area contributed by atoms with Gasteiger partial charge in [-0.05, 0) is 35.3 Å². The van der Waals surface area contributed by atoms with Gasteiger partial charge < -0.3 is 14.7 Å². The van der Waals surface area contributed by atoms with Crippen LogP contribution in [0.25, 0.3) is 44.7 Å². The Morgan fingerprint density at radius 1 is 0.811 bits per heavy atom. The molecular weight excluding hydrogens is 711 g/mol. The molecule has 0 unspecified atom stereocenters. The molecule has 0 spiro atoms. The number of benzene rings is 3. The molecule has 1 aliphatic heterocycles. The number of hydrogen-bond acceptors (Lipinski definition) is 3. The van der Waals surface area contributed by atoms with E-state index in [0.29, 0.717) is 6.61 Å². The van der Waals surface area contributed by atoms with Crippen LogP contribution in [0.4, 0.5) is 0 Å². The number of para-hydroxylation sites is 1. The minimum absolute atomic E-state index is 0. The first-order valence-corrected chi connectivity index (χ1v) is 11.3. The zero-order valence-corrected chi connectivity index (χ0v) is 24.9. The number of fused-ring (bicyclic) bond motifs is 4. The van der Waals surface area contributed by atoms with Gasteiger partial charge in [0.1, 0.15) is 0 Å². The first-order chi connectivity index (χ1) is 17.3. The van der Waals surface area contributed by atoms with E-state index < -0.39 is 0 Å². The summed E-state index contributed by atoms with van der Waals surface area (Å²) < 4.78 is 5.72. The Kier molecular flexibility index (Phi) is 9.18. The second kappa shape index (κ2) is 12.5. The number of hydrogen-bond donors (Lipinski definition) is 0. The smallest absolute Gasteiger partial charge is 0.0937 e. The minimum atomic E-state index is 0. The average molecular weight is 731 g/mol. The molecule has 2 radical (unpaired) electrons. The Morgan fingerprint density at radius 3 is 2.46 bits per heavy atom. The van der Waals surface area contributed by atoms with Crippen molar-refractivity contribution >= 4 is 10.9 Å². The Balaban J connectivity index is 0.000000170. The summed E-state index contributed by atoms with van der Waals surface area (Å²) in [5.74, 6) is 0.809. The molecule has 0 amide bonds. The van der Waals surface area contributed by atoms with Crippen LogP contribution in [0.3, 0.4) is 0 Å². The second-order valence-corrected chi connectivity index (χ2v) is 8.01. The summed E-state index contributed by atoms with van der Waals surface area (Å²) in [6.07, 6.45) is 3.55. The van der Waals surface area contributed by atoms with Gasteiger partial charge in [-0.2, -0.15) is 35.4 Å². The van der Waals surface area contributed by atoms with Crippen molar-refractivity contribution in [3.05, 3.63) is 127 Å². The summed E-state index contributed by atoms with van der Waals surface area (Å²) in [6, 6.07) is 39.5. The van der Waals surface area contributed by atoms with E-state index in [1.165, 1.54) is 0 Å². The SMILES string of the molecule is [Ir].[Y].[c-]1ccccc1-c1[c-]c2c([c-]c1)-c1ncccc1OC2.c1ccc(-c2cc3ccccc3[n-]2)nc1. The van der Waals surface area contributed by atoms with Gasteiger partial charge in [-0.3, -0.25) is 4.98 Å². The standard InChI is InChI=1S/C18H10NO.C13H9N2.Ir.Y/c1-2-5-13(6-3-1)14-8-9-16-15(11-14)12-20-17-7-4-10-19-18(16)17;1-2-6-11-10(5-1)9-13(15-11)12-7-3-4-8-14-12;;/h1-5,7-8,10H,12H2;1-9H;;/q-3;-1;;. The van der Waals surface area contributed by atoms with Crippen LogP contribution in [0, 0.1) is 18.2 Å². The van der Waals surface area contributed by atoms with Gasteiger partial charge in [0.05, 0.1) is 12.4 Å². The third kappa shape index (κ3) is 5.97. The number of nitrogens with zero attached hydrogens (tertiary/aromatic N) is 3. The molecule has 0 aliphatic carbocycles. The van der Waals surface area contributed by atoms with Gasteiger partial charge in [-0.25, -0.2) is 29.3 Å². The van der Waals surface area contributed by atoms with Crippen molar-refractivity contribution in [3.63, 3.8) is 0 Å². The Bertz CT molecular complexity index is 1570. The van der Waals surface area contributed by atoms with Crippen LogP contribution >= 0.6 is 0 Å². The summed E-state index contributed by atoms with van der Waals surface area (Å²) >= 11 is 0. The second-order valence-electron chi connectivity index (χ2n) is 8.01. The zero-order chi connectivity index (χ0) is 23.5. The summed E-state index contributed by atoms with van der Waals surface area (Å²) in [5, 5.41) is 1.16. The van der Waals surface area contributed by atoms with E-state index in [2.05, 4.69) is 45.3 Å². The first kappa shape index (κ1) is 27.1. The fourth-order valence-corrected chi connectivity index (χ4v) is 4.03. The van der Waals surface area contributed by atoms with Crippen LogP contribution in [0.1, 0.15) is 5.56 Å². The van der Waals surface area contributed by atoms with Crippen molar-refractivity contribution in [3.8, 4) is 39.5 Å². The van der Waals surface area contributed by atoms with E-state index in [1.807, 2.05) is 78.9 Å². The predicted octanol–water partition coefficient (Wildman–Crippen LogP) is 6.56. The van der Waals surface area contributed by atoms with Crippen LogP contribution in [-0.2, 0) is 59.4 Å². The van der Waals surface area contributed by atoms with Crippen LogP contribution in [0.2, 0.25) is 0 Å². The number of pyridine rings is 2. The van der Waals surface area contributed by atoms with Crippen molar-refractivity contribution in [2.24, 2.45) is 0 Å². The normalized spacial score (nSPS) is 10.9. The molecule has 3 aromatic heterocycles. The van der Waals surface area contributed by atoms with Crippen molar-refractivity contribution in [1.29, 1.82) is 0 Å². The van der Waals surface area contributed by atoms with Gasteiger partial charge in [0.2, 0.25) is 0 Å². The maximum absolute atomic E-state index is 5.72. The number of ether oxygens (including phenoxy) is 1. The molecule has 4 heterocycles. The van der Waals surface area contributed by atoms with E-state index in [0.717, 1.165) is 56.0 Å². The van der Waals surface area contributed by atoms with Gasteiger partial charge in [0.15, 0.2) is 0 Å². The monoisotopic (exact) mass is 731 g/mol. The molecule has 1 aliphatic rings. The van der Waals surface area contributed by atoms with E-state index >= 15 is 0 Å². The Hall–Kier alpha value is -2.95. The van der Waals surface area contributed by atoms with Crippen molar-refractivity contribution in [2.45, 2.75) is 6.61 Å². The third-order valence-corrected chi connectivity index (χ3v) is 5.72. The first-order valence-electron chi connectivity index (χ1n) is 11.3. The number of rotatable bonds is 2. The summed E-state index contributed by atoms with van der Waals surface area (Å²) in [5.41, 5.74) is 7.69. The maximum atomic E-state index is 5.72. The van der Waals surface area contributed by atoms with Crippen molar-refractivity contribution in [2.75, 3.05) is 0 Å². The van der Waals surface area contributed by atoms with Gasteiger partial charge in [0.25, 0.3) is 0 Å². The Morgan fingerprint density at radius 2 is 1.65 bits per heavy atom. The van der Waals surface area contributed by atoms with Gasteiger partial charge in [-0.15, -0.1) is 17.3 Å². The van der Waals surface area contributed by atoms with Crippen molar-refractivity contribution in [1.82, 2.24) is 15.0 Å². The zero-order valence-electron chi connectivity index (χ0n) is 19.7. The van der Waals surface area contributed by atoms with Crippen LogP contribution in [0.5, 0.6) is 5.75 Å². The third-order valence-electron chi connectivity index (χ3n) is 5.72. The van der Waals surface area contributed by atoms with E-state index in [-0.39, 0.29) is 52.8 Å². The quantitative estimate of drug-likeness (QED) is 0.190. The Labute approximate surface area is 254 Å². The topological polar surface area (TPSA) is 49.1 Å². The molecule has 4 nitrogen and oxygen atoms in total. The van der Waals surface area contributed by atoms with E-state index in [4.69, 9.17) is 4.74 Å². The maximum Gasteiger partial charge on any atom is 0.0937 e. The molecule has 0 saturated heterocycles. The van der Waals surface area contributed by atoms with Crippen LogP contribution in [-0.4, -0.2) is 9.97 Å². The average Bonchev–Trinajstić information content (AvgIpc) is 3.39. The van der Waals surface area contributed by atoms with Gasteiger partial charge in [-0.1, -0.05) is 36.4 Å². The molecule has 180 valence electrons. The predicted molar refractivity (Wildman–Crippen MR) is 136 cm³/mol. The molecule has 0 bridgehead atoms. The summed E-state index contributed by atoms with van der Waals surface area (Å²) in [4.78, 5) is 13.2. The fraction of sp³-hybridized carbons (Fsp3) is 0.0323. The molecule has 37 heavy (non-hydrogen) atoms. The molecule has 6 aromatic rings. The molecular formula is C31H19IrN3OY-4.